The number of thiocarbonyl (C=S) groups is 3. The molecule has 0 saturated carbocycles. The van der Waals surface area contributed by atoms with Crippen molar-refractivity contribution in [1.82, 2.24) is 0 Å². The normalized spacial score (nSPS) is 10.5. The molecule has 0 atom stereocenters. The van der Waals surface area contributed by atoms with Gasteiger partial charge in [-0.25, -0.2) is 0 Å². The number of fused-ring (bicyclic) bond motifs is 3. The Bertz CT molecular complexity index is 2820. The van der Waals surface area contributed by atoms with E-state index in [4.69, 9.17) is 50.9 Å². The van der Waals surface area contributed by atoms with Crippen LogP contribution in [0, 0.1) is 20.8 Å². The van der Waals surface area contributed by atoms with Crippen LogP contribution in [0.15, 0.2) is 200 Å². The van der Waals surface area contributed by atoms with E-state index in [9.17, 15) is 0 Å². The molecule has 0 aromatic heterocycles. The smallest absolute Gasteiger partial charge is 0.269 e. The Morgan fingerprint density at radius 3 is 0.818 bits per heavy atom. The molecule has 9 rings (SSSR count). The lowest BCUT2D eigenvalue weighted by molar-refractivity contribution is 0.553. The van der Waals surface area contributed by atoms with Gasteiger partial charge in [-0.05, 0) is 179 Å². The van der Waals surface area contributed by atoms with Crippen molar-refractivity contribution in [3.05, 3.63) is 217 Å². The molecule has 0 amide bonds. The lowest BCUT2D eigenvalue weighted by Gasteiger charge is -2.20. The van der Waals surface area contributed by atoms with E-state index in [0.29, 0.717) is 15.5 Å². The second kappa shape index (κ2) is 22.1. The van der Waals surface area contributed by atoms with Gasteiger partial charge >= 0.3 is 0 Å². The predicted octanol–water partition coefficient (Wildman–Crippen LogP) is 14.8. The molecule has 9 aromatic rings. The predicted molar refractivity (Wildman–Crippen MR) is 290 cm³/mol. The van der Waals surface area contributed by atoms with Crippen LogP contribution in [0.2, 0.25) is 0 Å². The van der Waals surface area contributed by atoms with Crippen LogP contribution in [0.1, 0.15) is 16.7 Å². The van der Waals surface area contributed by atoms with E-state index in [1.807, 2.05) is 163 Å². The zero-order chi connectivity index (χ0) is 46.6. The largest absolute Gasteiger partial charge is 0.432 e. The maximum atomic E-state index is 5.84. The lowest BCUT2D eigenvalue weighted by atomic mass is 10.1. The van der Waals surface area contributed by atoms with Crippen molar-refractivity contribution >= 4 is 102 Å². The van der Waals surface area contributed by atoms with Crippen LogP contribution in [0.5, 0.6) is 17.2 Å². The molecule has 0 aliphatic heterocycles. The molecule has 0 radical (unpaired) electrons. The first-order chi connectivity index (χ1) is 31.9. The first-order valence-electron chi connectivity index (χ1n) is 21.4. The average molecular weight is 922 g/mol. The molecule has 0 spiro atoms. The molecule has 0 N–H and O–H groups in total. The summed E-state index contributed by atoms with van der Waals surface area (Å²) < 4.78 is 17.5. The molecular weight excluding hydrogens is 871 g/mol. The number of rotatable bonds is 6. The number of hydrogen-bond acceptors (Lipinski definition) is 6. The number of aryl methyl sites for hydroxylation is 3. The van der Waals surface area contributed by atoms with Gasteiger partial charge in [-0.2, -0.15) is 0 Å². The second-order valence-corrected chi connectivity index (χ2v) is 16.9. The average Bonchev–Trinajstić information content (AvgIpc) is 3.33. The Labute approximate surface area is 404 Å². The van der Waals surface area contributed by atoms with Crippen LogP contribution >= 0.6 is 36.7 Å². The summed E-state index contributed by atoms with van der Waals surface area (Å²) in [5.41, 5.74) is 6.64. The van der Waals surface area contributed by atoms with E-state index in [1.54, 1.807) is 0 Å². The van der Waals surface area contributed by atoms with Gasteiger partial charge in [0.1, 0.15) is 17.2 Å². The molecule has 0 unspecified atom stereocenters. The first kappa shape index (κ1) is 46.8. The number of hydrogen-bond donors (Lipinski definition) is 0. The van der Waals surface area contributed by atoms with Gasteiger partial charge in [-0.3, -0.25) is 0 Å². The van der Waals surface area contributed by atoms with Crippen molar-refractivity contribution in [2.24, 2.45) is 0 Å². The third kappa shape index (κ3) is 12.5. The Hall–Kier alpha value is -7.17. The van der Waals surface area contributed by atoms with Gasteiger partial charge in [0, 0.05) is 38.2 Å². The minimum Gasteiger partial charge on any atom is -0.432 e. The monoisotopic (exact) mass is 921 g/mol. The van der Waals surface area contributed by atoms with Gasteiger partial charge in [0.25, 0.3) is 15.5 Å². The highest BCUT2D eigenvalue weighted by molar-refractivity contribution is 7.80. The van der Waals surface area contributed by atoms with Crippen molar-refractivity contribution in [1.29, 1.82) is 0 Å². The molecule has 9 heteroatoms. The summed E-state index contributed by atoms with van der Waals surface area (Å²) in [5, 5.41) is 8.28. The summed E-state index contributed by atoms with van der Waals surface area (Å²) >= 11 is 16.2. The van der Waals surface area contributed by atoms with Gasteiger partial charge in [0.2, 0.25) is 0 Å². The summed E-state index contributed by atoms with van der Waals surface area (Å²) in [5.74, 6) is 2.26. The number of ether oxygens (including phenoxy) is 3. The number of nitrogens with zero attached hydrogens (tertiary/aromatic N) is 3. The zero-order valence-corrected chi connectivity index (χ0v) is 40.3. The molecule has 0 heterocycles. The molecule has 0 bridgehead atoms. The highest BCUT2D eigenvalue weighted by Crippen LogP contribution is 2.26. The molecular formula is C57H51N3O3S3. The van der Waals surface area contributed by atoms with Crippen LogP contribution in [-0.2, 0) is 0 Å². The van der Waals surface area contributed by atoms with E-state index in [1.165, 1.54) is 32.8 Å². The Morgan fingerprint density at radius 2 is 0.561 bits per heavy atom. The van der Waals surface area contributed by atoms with Gasteiger partial charge in [-0.1, -0.05) is 127 Å². The topological polar surface area (TPSA) is 37.4 Å². The maximum Gasteiger partial charge on any atom is 0.269 e. The fourth-order valence-corrected chi connectivity index (χ4v) is 7.63. The highest BCUT2D eigenvalue weighted by Gasteiger charge is 2.13. The van der Waals surface area contributed by atoms with Crippen LogP contribution in [0.25, 0.3) is 32.3 Å². The molecule has 0 aliphatic carbocycles. The second-order valence-electron chi connectivity index (χ2n) is 15.8. The van der Waals surface area contributed by atoms with Crippen molar-refractivity contribution in [3.63, 3.8) is 0 Å². The Morgan fingerprint density at radius 1 is 0.303 bits per heavy atom. The highest BCUT2D eigenvalue weighted by atomic mass is 32.1. The third-order valence-corrected chi connectivity index (χ3v) is 11.8. The van der Waals surface area contributed by atoms with Crippen LogP contribution in [0.4, 0.5) is 17.1 Å². The summed E-state index contributed by atoms with van der Waals surface area (Å²) in [6.45, 7) is 6.18. The van der Waals surface area contributed by atoms with E-state index >= 15 is 0 Å². The first-order valence-corrected chi connectivity index (χ1v) is 22.7. The number of benzene rings is 9. The summed E-state index contributed by atoms with van der Waals surface area (Å²) in [7, 11) is 5.74. The SMILES string of the molecule is Cc1cccc(N(C)C(=S)Oc2ccc3ccccc3c2)c1.Cc1cccc(N(C)C(=S)Oc2ccc3ccccc3c2)c1.Cc1cccc(N(C)C(=S)Oc2ccc3ccccc3c2)c1. The third-order valence-electron chi connectivity index (χ3n) is 10.8. The Balaban J connectivity index is 0.000000147. The molecule has 0 fully saturated rings. The van der Waals surface area contributed by atoms with Crippen molar-refractivity contribution < 1.29 is 14.2 Å². The quantitative estimate of drug-likeness (QED) is 0.152. The minimum absolute atomic E-state index is 0.431. The van der Waals surface area contributed by atoms with Crippen LogP contribution < -0.4 is 28.9 Å². The van der Waals surface area contributed by atoms with Crippen molar-refractivity contribution in [3.8, 4) is 17.2 Å². The summed E-state index contributed by atoms with van der Waals surface area (Å²) in [4.78, 5) is 5.62. The summed E-state index contributed by atoms with van der Waals surface area (Å²) in [6, 6.07) is 67.0. The van der Waals surface area contributed by atoms with Crippen LogP contribution in [-0.4, -0.2) is 36.7 Å². The van der Waals surface area contributed by atoms with E-state index in [0.717, 1.165) is 50.5 Å². The standard InChI is InChI=1S/3C19H17NOS/c3*1-14-6-5-9-17(12-14)20(2)19(22)21-18-11-10-15-7-3-4-8-16(15)13-18/h3*3-13H,1-2H3. The minimum atomic E-state index is 0.431. The Kier molecular flexibility index (Phi) is 15.7. The molecule has 9 aromatic carbocycles. The fraction of sp³-hybridized carbons (Fsp3) is 0.105. The molecule has 330 valence electrons. The van der Waals surface area contributed by atoms with Gasteiger partial charge in [0.15, 0.2) is 0 Å². The lowest BCUT2D eigenvalue weighted by Crippen LogP contribution is -2.29. The summed E-state index contributed by atoms with van der Waals surface area (Å²) in [6.07, 6.45) is 0. The molecule has 66 heavy (non-hydrogen) atoms. The van der Waals surface area contributed by atoms with Gasteiger partial charge in [0.05, 0.1) is 0 Å². The van der Waals surface area contributed by atoms with E-state index in [2.05, 4.69) is 93.6 Å². The van der Waals surface area contributed by atoms with Gasteiger partial charge < -0.3 is 28.9 Å². The zero-order valence-electron chi connectivity index (χ0n) is 37.8. The van der Waals surface area contributed by atoms with Crippen LogP contribution in [0.3, 0.4) is 0 Å². The van der Waals surface area contributed by atoms with Crippen molar-refractivity contribution in [2.45, 2.75) is 20.8 Å². The molecule has 6 nitrogen and oxygen atoms in total. The number of anilines is 3. The van der Waals surface area contributed by atoms with Crippen molar-refractivity contribution in [2.75, 3.05) is 35.8 Å². The maximum absolute atomic E-state index is 5.84. The van der Waals surface area contributed by atoms with E-state index < -0.39 is 0 Å². The molecule has 0 saturated heterocycles. The fourth-order valence-electron chi connectivity index (χ4n) is 7.03. The van der Waals surface area contributed by atoms with E-state index in [-0.39, 0.29) is 0 Å². The molecule has 0 aliphatic rings. The van der Waals surface area contributed by atoms with Gasteiger partial charge in [-0.15, -0.1) is 0 Å².